The van der Waals surface area contributed by atoms with Crippen LogP contribution in [0.15, 0.2) is 12.1 Å². The van der Waals surface area contributed by atoms with Crippen LogP contribution in [0.25, 0.3) is 0 Å². The summed E-state index contributed by atoms with van der Waals surface area (Å²) >= 11 is 0. The Hall–Kier alpha value is -0.890. The van der Waals surface area contributed by atoms with Crippen molar-refractivity contribution in [3.8, 4) is 0 Å². The monoisotopic (exact) mass is 190 g/mol. The molecule has 0 atom stereocenters. The van der Waals surface area contributed by atoms with Crippen molar-refractivity contribution < 1.29 is 0 Å². The van der Waals surface area contributed by atoms with E-state index in [9.17, 15) is 0 Å². The fourth-order valence-corrected chi connectivity index (χ4v) is 2.05. The zero-order chi connectivity index (χ0) is 9.80. The average Bonchev–Trinajstić information content (AvgIpc) is 2.26. The molecule has 0 amide bonds. The number of hydrogen-bond acceptors (Lipinski definition) is 2. The zero-order valence-electron chi connectivity index (χ0n) is 8.63. The number of pyridine rings is 1. The van der Waals surface area contributed by atoms with Gasteiger partial charge in [-0.1, -0.05) is 6.07 Å². The summed E-state index contributed by atoms with van der Waals surface area (Å²) in [7, 11) is 0. The Bertz CT molecular complexity index is 307. The maximum absolute atomic E-state index is 5.49. The molecule has 0 saturated carbocycles. The maximum atomic E-state index is 5.49. The fourth-order valence-electron chi connectivity index (χ4n) is 2.05. The second-order valence-electron chi connectivity index (χ2n) is 4.01. The molecular weight excluding hydrogens is 172 g/mol. The Morgan fingerprint density at radius 2 is 2.07 bits per heavy atom. The van der Waals surface area contributed by atoms with Crippen LogP contribution in [0.1, 0.15) is 36.2 Å². The van der Waals surface area contributed by atoms with Crippen LogP contribution < -0.4 is 5.73 Å². The molecule has 2 heteroatoms. The molecule has 0 saturated heterocycles. The van der Waals surface area contributed by atoms with Crippen LogP contribution in [0, 0.1) is 0 Å². The van der Waals surface area contributed by atoms with Gasteiger partial charge in [0.25, 0.3) is 0 Å². The molecular formula is C12H18N2. The first-order chi connectivity index (χ1) is 6.90. The minimum Gasteiger partial charge on any atom is -0.330 e. The fraction of sp³-hybridized carbons (Fsp3) is 0.583. The van der Waals surface area contributed by atoms with E-state index in [1.165, 1.54) is 42.6 Å². The molecule has 1 aromatic heterocycles. The Kier molecular flexibility index (Phi) is 3.14. The van der Waals surface area contributed by atoms with Crippen LogP contribution in [0.4, 0.5) is 0 Å². The molecule has 2 rings (SSSR count). The Labute approximate surface area is 85.5 Å². The van der Waals surface area contributed by atoms with E-state index in [1.807, 2.05) is 0 Å². The van der Waals surface area contributed by atoms with Crippen LogP contribution in [-0.4, -0.2) is 11.5 Å². The summed E-state index contributed by atoms with van der Waals surface area (Å²) in [6.45, 7) is 0.763. The number of nitrogens with two attached hydrogens (primary N) is 1. The van der Waals surface area contributed by atoms with Gasteiger partial charge in [0.1, 0.15) is 0 Å². The lowest BCUT2D eigenvalue weighted by molar-refractivity contribution is 0.660. The number of fused-ring (bicyclic) bond motifs is 1. The van der Waals surface area contributed by atoms with Gasteiger partial charge < -0.3 is 5.73 Å². The first kappa shape index (κ1) is 9.66. The second-order valence-corrected chi connectivity index (χ2v) is 4.01. The highest BCUT2D eigenvalue weighted by molar-refractivity contribution is 5.25. The third-order valence-electron chi connectivity index (χ3n) is 2.87. The Balaban J connectivity index is 2.12. The van der Waals surface area contributed by atoms with Crippen molar-refractivity contribution in [2.24, 2.45) is 5.73 Å². The van der Waals surface area contributed by atoms with E-state index in [0.29, 0.717) is 0 Å². The van der Waals surface area contributed by atoms with Gasteiger partial charge in [0.2, 0.25) is 0 Å². The molecule has 76 valence electrons. The highest BCUT2D eigenvalue weighted by Gasteiger charge is 2.10. The maximum Gasteiger partial charge on any atom is 0.0438 e. The predicted molar refractivity (Wildman–Crippen MR) is 58.3 cm³/mol. The summed E-state index contributed by atoms with van der Waals surface area (Å²) in [5, 5.41) is 0. The van der Waals surface area contributed by atoms with Crippen molar-refractivity contribution in [1.29, 1.82) is 0 Å². The molecule has 0 unspecified atom stereocenters. The van der Waals surface area contributed by atoms with Crippen LogP contribution in [0.5, 0.6) is 0 Å². The lowest BCUT2D eigenvalue weighted by atomic mass is 9.95. The Morgan fingerprint density at radius 1 is 1.21 bits per heavy atom. The molecule has 0 aromatic carbocycles. The minimum absolute atomic E-state index is 0.763. The highest BCUT2D eigenvalue weighted by atomic mass is 14.7. The van der Waals surface area contributed by atoms with Crippen molar-refractivity contribution in [1.82, 2.24) is 4.98 Å². The molecule has 1 aliphatic carbocycles. The van der Waals surface area contributed by atoms with Crippen molar-refractivity contribution in [3.63, 3.8) is 0 Å². The summed E-state index contributed by atoms with van der Waals surface area (Å²) in [5.41, 5.74) is 9.51. The molecule has 0 fully saturated rings. The van der Waals surface area contributed by atoms with Gasteiger partial charge in [-0.25, -0.2) is 0 Å². The van der Waals surface area contributed by atoms with Crippen molar-refractivity contribution >= 4 is 0 Å². The smallest absolute Gasteiger partial charge is 0.0438 e. The van der Waals surface area contributed by atoms with Gasteiger partial charge in [-0.05, 0) is 56.7 Å². The summed E-state index contributed by atoms with van der Waals surface area (Å²) < 4.78 is 0. The molecule has 2 nitrogen and oxygen atoms in total. The lowest BCUT2D eigenvalue weighted by Gasteiger charge is -2.15. The van der Waals surface area contributed by atoms with E-state index < -0.39 is 0 Å². The quantitative estimate of drug-likeness (QED) is 0.790. The van der Waals surface area contributed by atoms with Gasteiger partial charge in [-0.15, -0.1) is 0 Å². The summed E-state index contributed by atoms with van der Waals surface area (Å²) in [4.78, 5) is 4.70. The van der Waals surface area contributed by atoms with Gasteiger partial charge in [0, 0.05) is 11.4 Å². The summed E-state index contributed by atoms with van der Waals surface area (Å²) in [5.74, 6) is 0. The average molecular weight is 190 g/mol. The standard InChI is InChI=1S/C12H18N2/c13-9-3-5-11-8-7-10-4-1-2-6-12(10)14-11/h7-8H,1-6,9,13H2. The first-order valence-corrected chi connectivity index (χ1v) is 5.58. The lowest BCUT2D eigenvalue weighted by Crippen LogP contribution is -2.08. The van der Waals surface area contributed by atoms with Crippen LogP contribution in [0.3, 0.4) is 0 Å². The normalized spacial score (nSPS) is 15.2. The minimum atomic E-state index is 0.763. The van der Waals surface area contributed by atoms with E-state index >= 15 is 0 Å². The molecule has 0 radical (unpaired) electrons. The molecule has 0 aliphatic heterocycles. The number of aromatic nitrogens is 1. The van der Waals surface area contributed by atoms with E-state index in [0.717, 1.165) is 19.4 Å². The van der Waals surface area contributed by atoms with Gasteiger partial charge >= 0.3 is 0 Å². The largest absolute Gasteiger partial charge is 0.330 e. The molecule has 14 heavy (non-hydrogen) atoms. The third kappa shape index (κ3) is 2.13. The number of rotatable bonds is 3. The van der Waals surface area contributed by atoms with E-state index in [-0.39, 0.29) is 0 Å². The molecule has 2 N–H and O–H groups in total. The molecule has 1 heterocycles. The van der Waals surface area contributed by atoms with Crippen LogP contribution in [-0.2, 0) is 19.3 Å². The summed E-state index contributed by atoms with van der Waals surface area (Å²) in [6, 6.07) is 4.42. The van der Waals surface area contributed by atoms with E-state index in [1.54, 1.807) is 0 Å². The number of aryl methyl sites for hydroxylation is 3. The Morgan fingerprint density at radius 3 is 2.93 bits per heavy atom. The van der Waals surface area contributed by atoms with E-state index in [4.69, 9.17) is 10.7 Å². The topological polar surface area (TPSA) is 38.9 Å². The summed E-state index contributed by atoms with van der Waals surface area (Å²) in [6.07, 6.45) is 7.11. The zero-order valence-corrected chi connectivity index (χ0v) is 8.63. The molecule has 0 spiro atoms. The molecule has 1 aromatic rings. The number of nitrogens with zero attached hydrogens (tertiary/aromatic N) is 1. The van der Waals surface area contributed by atoms with Crippen molar-refractivity contribution in [2.75, 3.05) is 6.54 Å². The molecule has 1 aliphatic rings. The van der Waals surface area contributed by atoms with Gasteiger partial charge in [0.15, 0.2) is 0 Å². The highest BCUT2D eigenvalue weighted by Crippen LogP contribution is 2.19. The van der Waals surface area contributed by atoms with Crippen LogP contribution >= 0.6 is 0 Å². The van der Waals surface area contributed by atoms with Crippen LogP contribution in [0.2, 0.25) is 0 Å². The van der Waals surface area contributed by atoms with Gasteiger partial charge in [-0.2, -0.15) is 0 Å². The predicted octanol–water partition coefficient (Wildman–Crippen LogP) is 1.85. The van der Waals surface area contributed by atoms with Gasteiger partial charge in [0.05, 0.1) is 0 Å². The number of hydrogen-bond donors (Lipinski definition) is 1. The second kappa shape index (κ2) is 4.56. The van der Waals surface area contributed by atoms with E-state index in [2.05, 4.69) is 12.1 Å². The first-order valence-electron chi connectivity index (χ1n) is 5.58. The van der Waals surface area contributed by atoms with Crippen molar-refractivity contribution in [2.45, 2.75) is 38.5 Å². The van der Waals surface area contributed by atoms with Gasteiger partial charge in [-0.3, -0.25) is 4.98 Å². The third-order valence-corrected chi connectivity index (χ3v) is 2.87. The molecule has 0 bridgehead atoms. The van der Waals surface area contributed by atoms with Crippen molar-refractivity contribution in [3.05, 3.63) is 29.1 Å². The SMILES string of the molecule is NCCCc1ccc2c(n1)CCCC2.